The van der Waals surface area contributed by atoms with E-state index >= 15 is 0 Å². The van der Waals surface area contributed by atoms with Crippen LogP contribution in [0.4, 0.5) is 5.69 Å². The highest BCUT2D eigenvalue weighted by Crippen LogP contribution is 2.20. The lowest BCUT2D eigenvalue weighted by atomic mass is 10.2. The first-order chi connectivity index (χ1) is 14.0. The Morgan fingerprint density at radius 1 is 1.17 bits per heavy atom. The summed E-state index contributed by atoms with van der Waals surface area (Å²) in [6, 6.07) is 14.5. The van der Waals surface area contributed by atoms with Crippen molar-refractivity contribution in [1.82, 2.24) is 9.55 Å². The Balaban J connectivity index is 1.75. The molecule has 0 spiro atoms. The molecule has 3 aromatic rings. The van der Waals surface area contributed by atoms with Crippen LogP contribution in [-0.2, 0) is 11.3 Å². The second kappa shape index (κ2) is 9.60. The minimum Gasteiger partial charge on any atom is -0.494 e. The van der Waals surface area contributed by atoms with Crippen molar-refractivity contribution >= 4 is 34.3 Å². The van der Waals surface area contributed by atoms with E-state index in [0.717, 1.165) is 5.75 Å². The topological polar surface area (TPSA) is 73.2 Å². The summed E-state index contributed by atoms with van der Waals surface area (Å²) in [6.45, 7) is 7.18. The fourth-order valence-corrected chi connectivity index (χ4v) is 3.72. The van der Waals surface area contributed by atoms with Crippen LogP contribution in [0, 0.1) is 5.92 Å². The maximum absolute atomic E-state index is 12.9. The lowest BCUT2D eigenvalue weighted by molar-refractivity contribution is -0.113. The molecule has 0 radical (unpaired) electrons. The second-order valence-corrected chi connectivity index (χ2v) is 7.96. The largest absolute Gasteiger partial charge is 0.494 e. The van der Waals surface area contributed by atoms with Gasteiger partial charge in [-0.3, -0.25) is 14.2 Å². The van der Waals surface area contributed by atoms with Crippen molar-refractivity contribution in [2.45, 2.75) is 32.5 Å². The van der Waals surface area contributed by atoms with Gasteiger partial charge in [-0.2, -0.15) is 0 Å². The number of carbonyl (C=O) groups is 1. The molecule has 1 aromatic heterocycles. The standard InChI is InChI=1S/C22H25N3O3S/c1-4-28-17-11-9-16(10-12-17)23-20(26)14-29-22-24-19-8-6-5-7-18(19)21(27)25(22)13-15(2)3/h5-12,15H,4,13-14H2,1-3H3,(H,23,26). The summed E-state index contributed by atoms with van der Waals surface area (Å²) in [5, 5.41) is 4.02. The number of nitrogens with zero attached hydrogens (tertiary/aromatic N) is 2. The molecule has 0 aliphatic heterocycles. The number of fused-ring (bicyclic) bond motifs is 1. The van der Waals surface area contributed by atoms with E-state index in [0.29, 0.717) is 34.9 Å². The molecule has 0 aliphatic rings. The van der Waals surface area contributed by atoms with Gasteiger partial charge in [0.15, 0.2) is 5.16 Å². The SMILES string of the molecule is CCOc1ccc(NC(=O)CSc2nc3ccccc3c(=O)n2CC(C)C)cc1. The van der Waals surface area contributed by atoms with Crippen LogP contribution in [0.15, 0.2) is 58.5 Å². The van der Waals surface area contributed by atoms with Crippen molar-refractivity contribution in [3.05, 3.63) is 58.9 Å². The first-order valence-electron chi connectivity index (χ1n) is 9.63. The number of ether oxygens (including phenoxy) is 1. The molecule has 0 aliphatic carbocycles. The Bertz CT molecular complexity index is 1050. The van der Waals surface area contributed by atoms with E-state index in [2.05, 4.69) is 24.1 Å². The van der Waals surface area contributed by atoms with Crippen molar-refractivity contribution in [2.75, 3.05) is 17.7 Å². The summed E-state index contributed by atoms with van der Waals surface area (Å²) in [6.07, 6.45) is 0. The third-order valence-corrected chi connectivity index (χ3v) is 5.13. The third kappa shape index (κ3) is 5.38. The molecular formula is C22H25N3O3S. The first-order valence-corrected chi connectivity index (χ1v) is 10.6. The lowest BCUT2D eigenvalue weighted by Gasteiger charge is -2.15. The highest BCUT2D eigenvalue weighted by Gasteiger charge is 2.14. The van der Waals surface area contributed by atoms with Crippen molar-refractivity contribution in [2.24, 2.45) is 5.92 Å². The van der Waals surface area contributed by atoms with E-state index in [1.807, 2.05) is 37.3 Å². The number of hydrogen-bond acceptors (Lipinski definition) is 5. The number of thioether (sulfide) groups is 1. The van der Waals surface area contributed by atoms with Crippen LogP contribution in [0.3, 0.4) is 0 Å². The van der Waals surface area contributed by atoms with E-state index in [4.69, 9.17) is 4.74 Å². The highest BCUT2D eigenvalue weighted by atomic mass is 32.2. The van der Waals surface area contributed by atoms with E-state index in [1.165, 1.54) is 11.8 Å². The molecule has 7 heteroatoms. The average molecular weight is 412 g/mol. The molecule has 152 valence electrons. The third-order valence-electron chi connectivity index (χ3n) is 4.16. The summed E-state index contributed by atoms with van der Waals surface area (Å²) < 4.78 is 7.07. The van der Waals surface area contributed by atoms with Crippen LogP contribution in [0.5, 0.6) is 5.75 Å². The van der Waals surface area contributed by atoms with Crippen molar-refractivity contribution in [1.29, 1.82) is 0 Å². The monoisotopic (exact) mass is 411 g/mol. The van der Waals surface area contributed by atoms with Gasteiger partial charge in [0.2, 0.25) is 5.91 Å². The number of carbonyl (C=O) groups excluding carboxylic acids is 1. The minimum absolute atomic E-state index is 0.0706. The summed E-state index contributed by atoms with van der Waals surface area (Å²) in [5.74, 6) is 1.05. The van der Waals surface area contributed by atoms with Crippen LogP contribution in [-0.4, -0.2) is 27.8 Å². The fraction of sp³-hybridized carbons (Fsp3) is 0.318. The summed E-state index contributed by atoms with van der Waals surface area (Å²) in [5.41, 5.74) is 1.27. The molecule has 1 N–H and O–H groups in total. The molecule has 0 unspecified atom stereocenters. The van der Waals surface area contributed by atoms with Crippen LogP contribution in [0.1, 0.15) is 20.8 Å². The normalized spacial score (nSPS) is 11.0. The van der Waals surface area contributed by atoms with Crippen LogP contribution in [0.2, 0.25) is 0 Å². The van der Waals surface area contributed by atoms with Gasteiger partial charge in [-0.1, -0.05) is 37.7 Å². The number of nitrogens with one attached hydrogen (secondary N) is 1. The van der Waals surface area contributed by atoms with Gasteiger partial charge >= 0.3 is 0 Å². The second-order valence-electron chi connectivity index (χ2n) is 7.02. The predicted molar refractivity (Wildman–Crippen MR) is 118 cm³/mol. The predicted octanol–water partition coefficient (Wildman–Crippen LogP) is 4.18. The Morgan fingerprint density at radius 2 is 1.90 bits per heavy atom. The van der Waals surface area contributed by atoms with E-state index in [9.17, 15) is 9.59 Å². The molecule has 1 heterocycles. The average Bonchev–Trinajstić information content (AvgIpc) is 2.70. The first kappa shape index (κ1) is 20.9. The molecule has 29 heavy (non-hydrogen) atoms. The zero-order valence-corrected chi connectivity index (χ0v) is 17.7. The molecule has 2 aromatic carbocycles. The number of para-hydroxylation sites is 1. The summed E-state index contributed by atoms with van der Waals surface area (Å²) in [4.78, 5) is 29.9. The van der Waals surface area contributed by atoms with Gasteiger partial charge in [0.1, 0.15) is 5.75 Å². The van der Waals surface area contributed by atoms with Gasteiger partial charge in [-0.25, -0.2) is 4.98 Å². The van der Waals surface area contributed by atoms with Crippen LogP contribution in [0.25, 0.3) is 10.9 Å². The number of aromatic nitrogens is 2. The molecule has 0 fully saturated rings. The fourth-order valence-electron chi connectivity index (χ4n) is 2.91. The van der Waals surface area contributed by atoms with Gasteiger partial charge in [0.25, 0.3) is 5.56 Å². The highest BCUT2D eigenvalue weighted by molar-refractivity contribution is 7.99. The molecule has 0 bridgehead atoms. The van der Waals surface area contributed by atoms with Gasteiger partial charge < -0.3 is 10.1 Å². The number of anilines is 1. The number of benzene rings is 2. The van der Waals surface area contributed by atoms with E-state index < -0.39 is 0 Å². The van der Waals surface area contributed by atoms with Crippen molar-refractivity contribution < 1.29 is 9.53 Å². The lowest BCUT2D eigenvalue weighted by Crippen LogP contribution is -2.26. The zero-order chi connectivity index (χ0) is 20.8. The van der Waals surface area contributed by atoms with Gasteiger partial charge in [0, 0.05) is 12.2 Å². The van der Waals surface area contributed by atoms with Gasteiger partial charge in [-0.15, -0.1) is 0 Å². The van der Waals surface area contributed by atoms with Crippen molar-refractivity contribution in [3.63, 3.8) is 0 Å². The summed E-state index contributed by atoms with van der Waals surface area (Å²) in [7, 11) is 0. The Kier molecular flexibility index (Phi) is 6.93. The molecular weight excluding hydrogens is 386 g/mol. The molecule has 0 saturated carbocycles. The quantitative estimate of drug-likeness (QED) is 0.445. The summed E-state index contributed by atoms with van der Waals surface area (Å²) >= 11 is 1.27. The number of rotatable bonds is 8. The minimum atomic E-state index is -0.155. The molecule has 0 saturated heterocycles. The van der Waals surface area contributed by atoms with E-state index in [-0.39, 0.29) is 23.1 Å². The zero-order valence-electron chi connectivity index (χ0n) is 16.8. The number of hydrogen-bond donors (Lipinski definition) is 1. The van der Waals surface area contributed by atoms with Gasteiger partial charge in [0.05, 0.1) is 23.3 Å². The smallest absolute Gasteiger partial charge is 0.262 e. The Hall–Kier alpha value is -2.80. The van der Waals surface area contributed by atoms with Crippen LogP contribution >= 0.6 is 11.8 Å². The van der Waals surface area contributed by atoms with E-state index in [1.54, 1.807) is 22.8 Å². The van der Waals surface area contributed by atoms with Gasteiger partial charge in [-0.05, 0) is 49.2 Å². The molecule has 1 amide bonds. The van der Waals surface area contributed by atoms with Crippen LogP contribution < -0.4 is 15.6 Å². The maximum Gasteiger partial charge on any atom is 0.262 e. The van der Waals surface area contributed by atoms with Crippen molar-refractivity contribution in [3.8, 4) is 5.75 Å². The Morgan fingerprint density at radius 3 is 2.59 bits per heavy atom. The maximum atomic E-state index is 12.9. The molecule has 6 nitrogen and oxygen atoms in total. The molecule has 3 rings (SSSR count). The number of amides is 1. The molecule has 0 atom stereocenters. The Labute approximate surface area is 174 Å².